The molecule has 0 aliphatic carbocycles. The van der Waals surface area contributed by atoms with E-state index in [-0.39, 0.29) is 11.9 Å². The van der Waals surface area contributed by atoms with E-state index in [1.165, 1.54) is 5.56 Å². The summed E-state index contributed by atoms with van der Waals surface area (Å²) in [6, 6.07) is -0.115. The van der Waals surface area contributed by atoms with Gasteiger partial charge in [0.25, 0.3) is 0 Å². The number of thiophene rings is 1. The minimum absolute atomic E-state index is 0.0927. The number of hydrogen-bond donors (Lipinski definition) is 1. The number of carbonyl (C=O) groups is 1. The number of hydroxylamine groups is 2. The highest BCUT2D eigenvalue weighted by Gasteiger charge is 2.34. The second kappa shape index (κ2) is 3.50. The first-order chi connectivity index (χ1) is 7.34. The maximum Gasteiger partial charge on any atom is 0.240 e. The fourth-order valence-electron chi connectivity index (χ4n) is 2.04. The Morgan fingerprint density at radius 3 is 3.27 bits per heavy atom. The van der Waals surface area contributed by atoms with E-state index in [1.54, 1.807) is 16.4 Å². The summed E-state index contributed by atoms with van der Waals surface area (Å²) in [6.45, 7) is 1.53. The highest BCUT2D eigenvalue weighted by Crippen LogP contribution is 2.33. The summed E-state index contributed by atoms with van der Waals surface area (Å²) in [5, 5.41) is 8.73. The maximum atomic E-state index is 11.6. The molecule has 0 aromatic carbocycles. The molecule has 80 valence electrons. The van der Waals surface area contributed by atoms with Crippen LogP contribution in [0, 0.1) is 0 Å². The Labute approximate surface area is 91.8 Å². The second-order valence-corrected chi connectivity index (χ2v) is 4.62. The molecule has 5 heteroatoms. The molecule has 4 nitrogen and oxygen atoms in total. The van der Waals surface area contributed by atoms with Crippen LogP contribution in [-0.2, 0) is 11.3 Å². The van der Waals surface area contributed by atoms with Crippen molar-refractivity contribution in [3.05, 3.63) is 16.3 Å². The number of piperidine rings is 1. The van der Waals surface area contributed by atoms with Crippen LogP contribution in [0.3, 0.4) is 0 Å². The first-order valence-electron chi connectivity index (χ1n) is 5.12. The van der Waals surface area contributed by atoms with Crippen LogP contribution in [0.5, 0.6) is 5.75 Å². The van der Waals surface area contributed by atoms with Crippen LogP contribution < -0.4 is 10.2 Å². The number of carbonyl (C=O) groups excluding carboxylic acids is 1. The first-order valence-corrected chi connectivity index (χ1v) is 6.06. The van der Waals surface area contributed by atoms with E-state index in [0.29, 0.717) is 0 Å². The second-order valence-electron chi connectivity index (χ2n) is 3.88. The zero-order chi connectivity index (χ0) is 10.3. The summed E-state index contributed by atoms with van der Waals surface area (Å²) in [5.41, 5.74) is 1.19. The number of nitrogens with zero attached hydrogens (tertiary/aromatic N) is 1. The van der Waals surface area contributed by atoms with Crippen LogP contribution in [0.1, 0.15) is 18.4 Å². The smallest absolute Gasteiger partial charge is 0.240 e. The fourth-order valence-corrected chi connectivity index (χ4v) is 2.78. The van der Waals surface area contributed by atoms with Crippen LogP contribution in [0.2, 0.25) is 0 Å². The molecule has 1 aromatic heterocycles. The zero-order valence-electron chi connectivity index (χ0n) is 8.23. The monoisotopic (exact) mass is 224 g/mol. The molecule has 1 amide bonds. The van der Waals surface area contributed by atoms with Gasteiger partial charge in [-0.15, -0.1) is 16.4 Å². The summed E-state index contributed by atoms with van der Waals surface area (Å²) in [4.78, 5) is 17.3. The number of hydrogen-bond acceptors (Lipinski definition) is 4. The van der Waals surface area contributed by atoms with Crippen LogP contribution in [-0.4, -0.2) is 23.6 Å². The molecule has 1 saturated heterocycles. The molecule has 0 radical (unpaired) electrons. The van der Waals surface area contributed by atoms with E-state index in [9.17, 15) is 4.79 Å². The van der Waals surface area contributed by atoms with Crippen molar-refractivity contribution < 1.29 is 9.63 Å². The molecule has 2 aliphatic heterocycles. The van der Waals surface area contributed by atoms with Gasteiger partial charge in [-0.05, 0) is 18.2 Å². The minimum Gasteiger partial charge on any atom is -0.404 e. The van der Waals surface area contributed by atoms with E-state index in [2.05, 4.69) is 10.7 Å². The number of amides is 1. The molecular formula is C10H12N2O2S. The van der Waals surface area contributed by atoms with Crippen LogP contribution in [0.25, 0.3) is 0 Å². The van der Waals surface area contributed by atoms with E-state index >= 15 is 0 Å². The van der Waals surface area contributed by atoms with Gasteiger partial charge in [0, 0.05) is 17.5 Å². The number of rotatable bonds is 1. The summed E-state index contributed by atoms with van der Waals surface area (Å²) >= 11 is 1.64. The third kappa shape index (κ3) is 1.52. The average molecular weight is 224 g/mol. The Bertz CT molecular complexity index is 370. The van der Waals surface area contributed by atoms with Gasteiger partial charge in [-0.25, -0.2) is 0 Å². The predicted octanol–water partition coefficient (Wildman–Crippen LogP) is 1.14. The SMILES string of the molecule is O=C1NCCCC1N1Cc2cscc2O1. The van der Waals surface area contributed by atoms with Crippen molar-refractivity contribution in [3.63, 3.8) is 0 Å². The minimum atomic E-state index is -0.115. The van der Waals surface area contributed by atoms with Gasteiger partial charge in [0.2, 0.25) is 5.91 Å². The lowest BCUT2D eigenvalue weighted by Crippen LogP contribution is -2.49. The number of fused-ring (bicyclic) bond motifs is 1. The molecule has 3 heterocycles. The molecule has 0 spiro atoms. The van der Waals surface area contributed by atoms with Gasteiger partial charge in [-0.3, -0.25) is 4.79 Å². The average Bonchev–Trinajstić information content (AvgIpc) is 2.77. The standard InChI is InChI=1S/C10H12N2O2S/c13-10-8(2-1-3-11-10)12-4-7-5-15-6-9(7)14-12/h5-6,8H,1-4H2,(H,11,13). The van der Waals surface area contributed by atoms with Crippen LogP contribution in [0.4, 0.5) is 0 Å². The van der Waals surface area contributed by atoms with Gasteiger partial charge >= 0.3 is 0 Å². The van der Waals surface area contributed by atoms with Crippen LogP contribution >= 0.6 is 11.3 Å². The Morgan fingerprint density at radius 1 is 1.53 bits per heavy atom. The van der Waals surface area contributed by atoms with Crippen molar-refractivity contribution in [1.29, 1.82) is 0 Å². The van der Waals surface area contributed by atoms with E-state index in [1.807, 2.05) is 5.38 Å². The van der Waals surface area contributed by atoms with Crippen molar-refractivity contribution in [2.75, 3.05) is 6.54 Å². The molecule has 1 aromatic rings. The van der Waals surface area contributed by atoms with Gasteiger partial charge in [0.1, 0.15) is 6.04 Å². The highest BCUT2D eigenvalue weighted by atomic mass is 32.1. The predicted molar refractivity (Wildman–Crippen MR) is 56.5 cm³/mol. The quantitative estimate of drug-likeness (QED) is 0.777. The van der Waals surface area contributed by atoms with Crippen LogP contribution in [0.15, 0.2) is 10.8 Å². The third-order valence-corrected chi connectivity index (χ3v) is 3.62. The topological polar surface area (TPSA) is 41.6 Å². The molecule has 1 fully saturated rings. The lowest BCUT2D eigenvalue weighted by atomic mass is 10.1. The van der Waals surface area contributed by atoms with E-state index in [4.69, 9.17) is 4.84 Å². The molecular weight excluding hydrogens is 212 g/mol. The third-order valence-electron chi connectivity index (χ3n) is 2.85. The van der Waals surface area contributed by atoms with Crippen molar-refractivity contribution in [2.24, 2.45) is 0 Å². The van der Waals surface area contributed by atoms with Crippen molar-refractivity contribution in [1.82, 2.24) is 10.4 Å². The summed E-state index contributed by atoms with van der Waals surface area (Å²) < 4.78 is 0. The van der Waals surface area contributed by atoms with Gasteiger partial charge in [0.15, 0.2) is 5.75 Å². The van der Waals surface area contributed by atoms with E-state index < -0.39 is 0 Å². The summed E-state index contributed by atoms with van der Waals surface area (Å²) in [7, 11) is 0. The molecule has 15 heavy (non-hydrogen) atoms. The zero-order valence-corrected chi connectivity index (χ0v) is 9.05. The van der Waals surface area contributed by atoms with Crippen molar-refractivity contribution >= 4 is 17.2 Å². The largest absolute Gasteiger partial charge is 0.404 e. The molecule has 1 unspecified atom stereocenters. The number of nitrogens with one attached hydrogen (secondary N) is 1. The molecule has 1 atom stereocenters. The maximum absolute atomic E-state index is 11.6. The van der Waals surface area contributed by atoms with E-state index in [0.717, 1.165) is 31.7 Å². The Morgan fingerprint density at radius 2 is 2.47 bits per heavy atom. The molecule has 3 rings (SSSR count). The summed E-state index contributed by atoms with van der Waals surface area (Å²) in [6.07, 6.45) is 1.92. The molecule has 0 saturated carbocycles. The Hall–Kier alpha value is -1.07. The van der Waals surface area contributed by atoms with Gasteiger partial charge in [-0.2, -0.15) is 0 Å². The molecule has 1 N–H and O–H groups in total. The lowest BCUT2D eigenvalue weighted by Gasteiger charge is -2.28. The lowest BCUT2D eigenvalue weighted by molar-refractivity contribution is -0.145. The Kier molecular flexibility index (Phi) is 2.14. The summed E-state index contributed by atoms with van der Waals surface area (Å²) in [5.74, 6) is 1.01. The van der Waals surface area contributed by atoms with Crippen molar-refractivity contribution in [3.8, 4) is 5.75 Å². The normalized spacial score (nSPS) is 25.9. The first kappa shape index (κ1) is 9.18. The van der Waals surface area contributed by atoms with Gasteiger partial charge in [-0.1, -0.05) is 0 Å². The Balaban J connectivity index is 1.75. The van der Waals surface area contributed by atoms with Gasteiger partial charge in [0.05, 0.1) is 6.54 Å². The highest BCUT2D eigenvalue weighted by molar-refractivity contribution is 7.08. The molecule has 0 bridgehead atoms. The fraction of sp³-hybridized carbons (Fsp3) is 0.500. The van der Waals surface area contributed by atoms with Gasteiger partial charge < -0.3 is 10.2 Å². The van der Waals surface area contributed by atoms with Crippen molar-refractivity contribution in [2.45, 2.75) is 25.4 Å². The molecule has 2 aliphatic rings.